The molecule has 4 heterocycles. The Morgan fingerprint density at radius 3 is 2.20 bits per heavy atom. The monoisotopic (exact) mass is 554 g/mol. The van der Waals surface area contributed by atoms with Crippen molar-refractivity contribution in [3.05, 3.63) is 100.0 Å². The van der Waals surface area contributed by atoms with Crippen molar-refractivity contribution in [1.29, 1.82) is 0 Å². The summed E-state index contributed by atoms with van der Waals surface area (Å²) >= 11 is 0. The smallest absolute Gasteiger partial charge is 0.332 e. The lowest BCUT2D eigenvalue weighted by Crippen LogP contribution is -2.67. The largest absolute Gasteiger partial charge is 0.489 e. The van der Waals surface area contributed by atoms with Crippen LogP contribution in [0, 0.1) is 11.3 Å². The van der Waals surface area contributed by atoms with Crippen molar-refractivity contribution < 1.29 is 19.1 Å². The topological polar surface area (TPSA) is 92.2 Å². The SMILES string of the molecule is CN1C(=O)N(C)C(=O)C(Cc2ccc(OCc3ccccc3)cc2)(CN2CC3CC(C2)c2cccc(=O)n2C3)C1=O. The molecular weight excluding hydrogens is 520 g/mol. The van der Waals surface area contributed by atoms with Crippen LogP contribution in [-0.4, -0.2) is 70.8 Å². The molecule has 2 unspecified atom stereocenters. The maximum absolute atomic E-state index is 13.9. The van der Waals surface area contributed by atoms with Gasteiger partial charge in [-0.1, -0.05) is 48.5 Å². The summed E-state index contributed by atoms with van der Waals surface area (Å²) in [6.07, 6.45) is 1.13. The molecule has 9 heteroatoms. The van der Waals surface area contributed by atoms with E-state index < -0.39 is 23.3 Å². The van der Waals surface area contributed by atoms with E-state index in [0.29, 0.717) is 32.0 Å². The summed E-state index contributed by atoms with van der Waals surface area (Å²) in [5, 5.41) is 0. The van der Waals surface area contributed by atoms with E-state index in [1.807, 2.05) is 65.2 Å². The van der Waals surface area contributed by atoms with Crippen molar-refractivity contribution in [3.8, 4) is 5.75 Å². The van der Waals surface area contributed by atoms with Gasteiger partial charge in [0.2, 0.25) is 11.8 Å². The average Bonchev–Trinajstić information content (AvgIpc) is 2.99. The fourth-order valence-electron chi connectivity index (χ4n) is 6.77. The summed E-state index contributed by atoms with van der Waals surface area (Å²) in [7, 11) is 2.88. The minimum absolute atomic E-state index is 0.0118. The van der Waals surface area contributed by atoms with Gasteiger partial charge in [0.25, 0.3) is 5.56 Å². The quantitative estimate of drug-likeness (QED) is 0.417. The van der Waals surface area contributed by atoms with Gasteiger partial charge in [0.05, 0.1) is 0 Å². The van der Waals surface area contributed by atoms with Crippen LogP contribution in [-0.2, 0) is 29.2 Å². The van der Waals surface area contributed by atoms with Crippen molar-refractivity contribution >= 4 is 17.8 Å². The van der Waals surface area contributed by atoms with E-state index in [1.54, 1.807) is 12.1 Å². The number of carbonyl (C=O) groups excluding carboxylic acids is 3. The van der Waals surface area contributed by atoms with Crippen LogP contribution in [0.2, 0.25) is 0 Å². The number of carbonyl (C=O) groups is 3. The van der Waals surface area contributed by atoms with Crippen LogP contribution in [0.15, 0.2) is 77.6 Å². The molecule has 6 rings (SSSR count). The van der Waals surface area contributed by atoms with Gasteiger partial charge in [-0.25, -0.2) is 4.79 Å². The van der Waals surface area contributed by atoms with E-state index in [1.165, 1.54) is 14.1 Å². The van der Waals surface area contributed by atoms with Gasteiger partial charge in [0.1, 0.15) is 17.8 Å². The van der Waals surface area contributed by atoms with E-state index in [-0.39, 0.29) is 30.4 Å². The van der Waals surface area contributed by atoms with Crippen LogP contribution < -0.4 is 10.3 Å². The van der Waals surface area contributed by atoms with Crippen LogP contribution >= 0.6 is 0 Å². The molecule has 4 amide bonds. The molecule has 0 N–H and O–H groups in total. The van der Waals surface area contributed by atoms with Crippen LogP contribution in [0.25, 0.3) is 0 Å². The van der Waals surface area contributed by atoms with E-state index in [9.17, 15) is 19.2 Å². The van der Waals surface area contributed by atoms with E-state index in [4.69, 9.17) is 4.74 Å². The van der Waals surface area contributed by atoms with Gasteiger partial charge in [0, 0.05) is 58.0 Å². The number of likely N-dealkylation sites (tertiary alicyclic amines) is 1. The number of urea groups is 1. The van der Waals surface area contributed by atoms with Crippen molar-refractivity contribution in [1.82, 2.24) is 19.3 Å². The summed E-state index contributed by atoms with van der Waals surface area (Å²) in [5.41, 5.74) is 1.43. The zero-order chi connectivity index (χ0) is 28.7. The summed E-state index contributed by atoms with van der Waals surface area (Å²) in [5.74, 6) is 0.102. The number of hydrogen-bond acceptors (Lipinski definition) is 6. The third kappa shape index (κ3) is 4.95. The zero-order valence-corrected chi connectivity index (χ0v) is 23.4. The Hall–Kier alpha value is -4.24. The molecule has 3 aliphatic heterocycles. The first-order chi connectivity index (χ1) is 19.7. The average molecular weight is 555 g/mol. The number of nitrogens with zero attached hydrogens (tertiary/aromatic N) is 4. The second-order valence-corrected chi connectivity index (χ2v) is 11.6. The number of barbiturate groups is 1. The van der Waals surface area contributed by atoms with Crippen LogP contribution in [0.5, 0.6) is 5.75 Å². The minimum Gasteiger partial charge on any atom is -0.489 e. The summed E-state index contributed by atoms with van der Waals surface area (Å²) < 4.78 is 7.79. The van der Waals surface area contributed by atoms with Crippen molar-refractivity contribution in [3.63, 3.8) is 0 Å². The van der Waals surface area contributed by atoms with Gasteiger partial charge >= 0.3 is 6.03 Å². The van der Waals surface area contributed by atoms with Gasteiger partial charge < -0.3 is 14.2 Å². The lowest BCUT2D eigenvalue weighted by Gasteiger charge is -2.48. The molecular formula is C32H34N4O5. The lowest BCUT2D eigenvalue weighted by molar-refractivity contribution is -0.159. The molecule has 212 valence electrons. The first-order valence-corrected chi connectivity index (χ1v) is 14.0. The highest BCUT2D eigenvalue weighted by Gasteiger charge is 2.56. The Bertz CT molecular complexity index is 1510. The number of benzene rings is 2. The molecule has 0 radical (unpaired) electrons. The molecule has 41 heavy (non-hydrogen) atoms. The van der Waals surface area contributed by atoms with E-state index >= 15 is 0 Å². The molecule has 2 bridgehead atoms. The molecule has 2 fully saturated rings. The molecule has 3 aromatic rings. The fourth-order valence-corrected chi connectivity index (χ4v) is 6.77. The number of ether oxygens (including phenoxy) is 1. The Kier molecular flexibility index (Phi) is 6.99. The highest BCUT2D eigenvalue weighted by atomic mass is 16.5. The maximum Gasteiger partial charge on any atom is 0.332 e. The normalized spacial score (nSPS) is 22.0. The highest BCUT2D eigenvalue weighted by molar-refractivity contribution is 6.19. The molecule has 3 aliphatic rings. The fraction of sp³-hybridized carbons (Fsp3) is 0.375. The second-order valence-electron chi connectivity index (χ2n) is 11.6. The first-order valence-electron chi connectivity index (χ1n) is 14.0. The first kappa shape index (κ1) is 27.0. The third-order valence-corrected chi connectivity index (χ3v) is 8.73. The molecule has 9 nitrogen and oxygen atoms in total. The van der Waals surface area contributed by atoms with Crippen LogP contribution in [0.3, 0.4) is 0 Å². The summed E-state index contributed by atoms with van der Waals surface area (Å²) in [4.78, 5) is 57.2. The zero-order valence-electron chi connectivity index (χ0n) is 23.4. The Labute approximate surface area is 238 Å². The van der Waals surface area contributed by atoms with Gasteiger partial charge in [0.15, 0.2) is 0 Å². The Morgan fingerprint density at radius 2 is 1.49 bits per heavy atom. The van der Waals surface area contributed by atoms with Crippen molar-refractivity contribution in [2.45, 2.75) is 31.9 Å². The standard InChI is InChI=1S/C32H34N4O5/c1-33-29(38)32(30(39)34(2)31(33)40,16-22-11-13-26(14-12-22)41-20-23-7-4-3-5-8-23)21-35-17-24-15-25(19-35)27-9-6-10-28(37)36(27)18-24/h3-14,24-25H,15-21H2,1-2H3. The highest BCUT2D eigenvalue weighted by Crippen LogP contribution is 2.39. The number of rotatable bonds is 7. The molecule has 2 atom stereocenters. The van der Waals surface area contributed by atoms with Crippen LogP contribution in [0.1, 0.15) is 29.2 Å². The number of piperidine rings is 1. The van der Waals surface area contributed by atoms with Crippen molar-refractivity contribution in [2.75, 3.05) is 33.7 Å². The molecule has 1 aromatic heterocycles. The van der Waals surface area contributed by atoms with E-state index in [2.05, 4.69) is 4.90 Å². The van der Waals surface area contributed by atoms with E-state index in [0.717, 1.165) is 33.0 Å². The van der Waals surface area contributed by atoms with Gasteiger partial charge in [-0.15, -0.1) is 0 Å². The number of fused-ring (bicyclic) bond motifs is 4. The predicted molar refractivity (Wildman–Crippen MR) is 152 cm³/mol. The Balaban J connectivity index is 1.26. The molecule has 0 aliphatic carbocycles. The summed E-state index contributed by atoms with van der Waals surface area (Å²) in [6.45, 7) is 2.57. The minimum atomic E-state index is -1.45. The molecule has 2 saturated heterocycles. The van der Waals surface area contributed by atoms with Gasteiger partial charge in [-0.05, 0) is 48.1 Å². The number of hydrogen-bond donors (Lipinski definition) is 0. The molecule has 2 aromatic carbocycles. The van der Waals surface area contributed by atoms with Gasteiger partial charge in [-0.3, -0.25) is 24.2 Å². The lowest BCUT2D eigenvalue weighted by atomic mass is 9.75. The van der Waals surface area contributed by atoms with Gasteiger partial charge in [-0.2, -0.15) is 0 Å². The number of pyridine rings is 1. The number of amides is 4. The predicted octanol–water partition coefficient (Wildman–Crippen LogP) is 3.13. The van der Waals surface area contributed by atoms with Crippen LogP contribution in [0.4, 0.5) is 4.79 Å². The van der Waals surface area contributed by atoms with Crippen molar-refractivity contribution in [2.24, 2.45) is 11.3 Å². The second kappa shape index (κ2) is 10.6. The number of aromatic nitrogens is 1. The molecule has 0 saturated carbocycles. The summed E-state index contributed by atoms with van der Waals surface area (Å²) in [6, 6.07) is 22.1. The Morgan fingerprint density at radius 1 is 0.780 bits per heavy atom. The molecule has 0 spiro atoms. The maximum atomic E-state index is 13.9. The number of imide groups is 2. The third-order valence-electron chi connectivity index (χ3n) is 8.73.